The zero-order valence-corrected chi connectivity index (χ0v) is 12.6. The summed E-state index contributed by atoms with van der Waals surface area (Å²) < 4.78 is 0. The Labute approximate surface area is 122 Å². The van der Waals surface area contributed by atoms with Crippen LogP contribution < -0.4 is 5.73 Å². The van der Waals surface area contributed by atoms with E-state index in [0.717, 1.165) is 26.1 Å². The summed E-state index contributed by atoms with van der Waals surface area (Å²) in [4.78, 5) is 8.89. The third kappa shape index (κ3) is 4.85. The van der Waals surface area contributed by atoms with Gasteiger partial charge in [-0.15, -0.1) is 0 Å². The minimum absolute atomic E-state index is 0.638. The average molecular weight is 274 g/mol. The van der Waals surface area contributed by atoms with Crippen LogP contribution in [-0.4, -0.2) is 49.0 Å². The van der Waals surface area contributed by atoms with Gasteiger partial charge in [-0.2, -0.15) is 0 Å². The van der Waals surface area contributed by atoms with E-state index in [2.05, 4.69) is 52.2 Å². The molecule has 1 fully saturated rings. The summed E-state index contributed by atoms with van der Waals surface area (Å²) in [6, 6.07) is 11.2. The molecule has 4 nitrogen and oxygen atoms in total. The number of nitrogens with two attached hydrogens (primary N) is 1. The Hall–Kier alpha value is -1.55. The SMILES string of the molecule is CN(CCCN=C(N)N(C)C1CC1)Cc1ccccc1. The van der Waals surface area contributed by atoms with Gasteiger partial charge < -0.3 is 15.5 Å². The van der Waals surface area contributed by atoms with Gasteiger partial charge >= 0.3 is 0 Å². The standard InChI is InChI=1S/C16H26N4/c1-19(13-14-7-4-3-5-8-14)12-6-11-18-16(17)20(2)15-9-10-15/h3-5,7-8,15H,6,9-13H2,1-2H3,(H2,17,18). The fraction of sp³-hybridized carbons (Fsp3) is 0.562. The maximum Gasteiger partial charge on any atom is 0.191 e. The van der Waals surface area contributed by atoms with Crippen molar-refractivity contribution in [3.63, 3.8) is 0 Å². The highest BCUT2D eigenvalue weighted by Crippen LogP contribution is 2.24. The van der Waals surface area contributed by atoms with Crippen LogP contribution in [0, 0.1) is 0 Å². The first-order valence-corrected chi connectivity index (χ1v) is 7.42. The Morgan fingerprint density at radius 3 is 2.60 bits per heavy atom. The van der Waals surface area contributed by atoms with Gasteiger partial charge in [-0.1, -0.05) is 30.3 Å². The molecule has 2 N–H and O–H groups in total. The molecule has 1 aromatic carbocycles. The first-order chi connectivity index (χ1) is 9.66. The van der Waals surface area contributed by atoms with Crippen LogP contribution in [-0.2, 0) is 6.54 Å². The second kappa shape index (κ2) is 7.29. The molecule has 0 heterocycles. The van der Waals surface area contributed by atoms with E-state index in [1.165, 1.54) is 18.4 Å². The average Bonchev–Trinajstić information content (AvgIpc) is 3.28. The van der Waals surface area contributed by atoms with E-state index in [1.54, 1.807) is 0 Å². The van der Waals surface area contributed by atoms with Crippen molar-refractivity contribution >= 4 is 5.96 Å². The summed E-state index contributed by atoms with van der Waals surface area (Å²) in [5.74, 6) is 0.693. The molecule has 0 spiro atoms. The van der Waals surface area contributed by atoms with Crippen LogP contribution in [0.1, 0.15) is 24.8 Å². The Bertz CT molecular complexity index is 425. The molecule has 0 atom stereocenters. The molecule has 0 radical (unpaired) electrons. The van der Waals surface area contributed by atoms with Gasteiger partial charge in [0, 0.05) is 26.2 Å². The third-order valence-electron chi connectivity index (χ3n) is 3.72. The minimum atomic E-state index is 0.638. The van der Waals surface area contributed by atoms with E-state index in [1.807, 2.05) is 7.05 Å². The molecule has 110 valence electrons. The van der Waals surface area contributed by atoms with Gasteiger partial charge in [0.25, 0.3) is 0 Å². The molecule has 1 aromatic rings. The number of aliphatic imine (C=N–C) groups is 1. The van der Waals surface area contributed by atoms with Crippen molar-refractivity contribution in [3.05, 3.63) is 35.9 Å². The summed E-state index contributed by atoms with van der Waals surface area (Å²) in [6.07, 6.45) is 3.56. The molecule has 0 aromatic heterocycles. The van der Waals surface area contributed by atoms with Gasteiger partial charge in [0.1, 0.15) is 0 Å². The smallest absolute Gasteiger partial charge is 0.191 e. The Morgan fingerprint density at radius 2 is 1.95 bits per heavy atom. The van der Waals surface area contributed by atoms with E-state index in [-0.39, 0.29) is 0 Å². The zero-order valence-electron chi connectivity index (χ0n) is 12.6. The van der Waals surface area contributed by atoms with Crippen molar-refractivity contribution in [2.24, 2.45) is 10.7 Å². The predicted octanol–water partition coefficient (Wildman–Crippen LogP) is 1.92. The maximum absolute atomic E-state index is 5.96. The van der Waals surface area contributed by atoms with Crippen molar-refractivity contribution in [3.8, 4) is 0 Å². The molecule has 1 aliphatic rings. The molecule has 0 unspecified atom stereocenters. The molecule has 1 saturated carbocycles. The van der Waals surface area contributed by atoms with Crippen LogP contribution >= 0.6 is 0 Å². The number of nitrogens with zero attached hydrogens (tertiary/aromatic N) is 3. The number of benzene rings is 1. The maximum atomic E-state index is 5.96. The highest BCUT2D eigenvalue weighted by molar-refractivity contribution is 5.78. The quantitative estimate of drug-likeness (QED) is 0.469. The lowest BCUT2D eigenvalue weighted by Gasteiger charge is -2.18. The van der Waals surface area contributed by atoms with Crippen LogP contribution in [0.2, 0.25) is 0 Å². The molecule has 0 aliphatic heterocycles. The molecule has 0 bridgehead atoms. The second-order valence-electron chi connectivity index (χ2n) is 5.66. The minimum Gasteiger partial charge on any atom is -0.370 e. The first-order valence-electron chi connectivity index (χ1n) is 7.42. The molecule has 1 aliphatic carbocycles. The van der Waals surface area contributed by atoms with Gasteiger partial charge in [0.05, 0.1) is 0 Å². The van der Waals surface area contributed by atoms with Crippen LogP contribution in [0.5, 0.6) is 0 Å². The van der Waals surface area contributed by atoms with Crippen LogP contribution in [0.3, 0.4) is 0 Å². The number of guanidine groups is 1. The van der Waals surface area contributed by atoms with E-state index in [0.29, 0.717) is 12.0 Å². The summed E-state index contributed by atoms with van der Waals surface area (Å²) in [6.45, 7) is 2.84. The summed E-state index contributed by atoms with van der Waals surface area (Å²) in [7, 11) is 4.19. The highest BCUT2D eigenvalue weighted by atomic mass is 15.3. The van der Waals surface area contributed by atoms with Crippen LogP contribution in [0.25, 0.3) is 0 Å². The lowest BCUT2D eigenvalue weighted by Crippen LogP contribution is -2.35. The fourth-order valence-corrected chi connectivity index (χ4v) is 2.27. The highest BCUT2D eigenvalue weighted by Gasteiger charge is 2.27. The lowest BCUT2D eigenvalue weighted by molar-refractivity contribution is 0.324. The van der Waals surface area contributed by atoms with Crippen LogP contribution in [0.4, 0.5) is 0 Å². The van der Waals surface area contributed by atoms with Gasteiger partial charge in [-0.05, 0) is 38.4 Å². The van der Waals surface area contributed by atoms with E-state index < -0.39 is 0 Å². The van der Waals surface area contributed by atoms with Crippen LogP contribution in [0.15, 0.2) is 35.3 Å². The van der Waals surface area contributed by atoms with Gasteiger partial charge in [-0.3, -0.25) is 4.99 Å². The predicted molar refractivity (Wildman–Crippen MR) is 84.7 cm³/mol. The molecule has 20 heavy (non-hydrogen) atoms. The van der Waals surface area contributed by atoms with Crippen molar-refractivity contribution < 1.29 is 0 Å². The Morgan fingerprint density at radius 1 is 1.25 bits per heavy atom. The van der Waals surface area contributed by atoms with E-state index in [9.17, 15) is 0 Å². The largest absolute Gasteiger partial charge is 0.370 e. The molecule has 4 heteroatoms. The van der Waals surface area contributed by atoms with Crippen molar-refractivity contribution in [2.45, 2.75) is 31.8 Å². The molecule has 0 amide bonds. The normalized spacial score (nSPS) is 15.7. The third-order valence-corrected chi connectivity index (χ3v) is 3.72. The molecular formula is C16H26N4. The zero-order chi connectivity index (χ0) is 14.4. The van der Waals surface area contributed by atoms with Crippen molar-refractivity contribution in [2.75, 3.05) is 27.2 Å². The summed E-state index contributed by atoms with van der Waals surface area (Å²) in [5.41, 5.74) is 7.31. The Balaban J connectivity index is 1.63. The number of hydrogen-bond acceptors (Lipinski definition) is 2. The molecule has 2 rings (SSSR count). The summed E-state index contributed by atoms with van der Waals surface area (Å²) in [5, 5.41) is 0. The fourth-order valence-electron chi connectivity index (χ4n) is 2.27. The molecule has 0 saturated heterocycles. The van der Waals surface area contributed by atoms with Crippen molar-refractivity contribution in [1.82, 2.24) is 9.80 Å². The monoisotopic (exact) mass is 274 g/mol. The topological polar surface area (TPSA) is 44.9 Å². The van der Waals surface area contributed by atoms with Gasteiger partial charge in [0.2, 0.25) is 0 Å². The van der Waals surface area contributed by atoms with Gasteiger partial charge in [0.15, 0.2) is 5.96 Å². The van der Waals surface area contributed by atoms with E-state index >= 15 is 0 Å². The first kappa shape index (κ1) is 14.9. The van der Waals surface area contributed by atoms with Crippen molar-refractivity contribution in [1.29, 1.82) is 0 Å². The molecular weight excluding hydrogens is 248 g/mol. The van der Waals surface area contributed by atoms with Gasteiger partial charge in [-0.25, -0.2) is 0 Å². The van der Waals surface area contributed by atoms with E-state index in [4.69, 9.17) is 5.73 Å². The lowest BCUT2D eigenvalue weighted by atomic mass is 10.2. The number of hydrogen-bond donors (Lipinski definition) is 1. The summed E-state index contributed by atoms with van der Waals surface area (Å²) >= 11 is 0. The second-order valence-corrected chi connectivity index (χ2v) is 5.66. The number of rotatable bonds is 7. The Kier molecular flexibility index (Phi) is 5.41.